The van der Waals surface area contributed by atoms with Gasteiger partial charge in [0, 0.05) is 26.1 Å². The molecule has 31 heavy (non-hydrogen) atoms. The van der Waals surface area contributed by atoms with Gasteiger partial charge in [-0.15, -0.1) is 0 Å². The van der Waals surface area contributed by atoms with Crippen LogP contribution in [0.2, 0.25) is 0 Å². The lowest BCUT2D eigenvalue weighted by Crippen LogP contribution is -2.43. The van der Waals surface area contributed by atoms with E-state index < -0.39 is 0 Å². The number of amides is 2. The minimum atomic E-state index is -0.310. The highest BCUT2D eigenvalue weighted by atomic mass is 19.1. The van der Waals surface area contributed by atoms with Gasteiger partial charge in [0.15, 0.2) is 6.61 Å². The number of carbonyl (C=O) groups excluding carboxylic acids is 2. The molecule has 0 saturated carbocycles. The molecule has 0 aromatic heterocycles. The predicted octanol–water partition coefficient (Wildman–Crippen LogP) is 3.25. The predicted molar refractivity (Wildman–Crippen MR) is 113 cm³/mol. The lowest BCUT2D eigenvalue weighted by Gasteiger charge is -2.30. The Labute approximate surface area is 181 Å². The van der Waals surface area contributed by atoms with Gasteiger partial charge < -0.3 is 19.3 Å². The molecule has 0 spiro atoms. The monoisotopic (exact) mass is 426 g/mol. The number of rotatable bonds is 6. The van der Waals surface area contributed by atoms with Crippen molar-refractivity contribution in [2.75, 3.05) is 26.8 Å². The highest BCUT2D eigenvalue weighted by Crippen LogP contribution is 2.32. The summed E-state index contributed by atoms with van der Waals surface area (Å²) in [6.07, 6.45) is 2.21. The maximum atomic E-state index is 13.6. The zero-order valence-electron chi connectivity index (χ0n) is 17.6. The third-order valence-electron chi connectivity index (χ3n) is 6.11. The fourth-order valence-electron chi connectivity index (χ4n) is 4.48. The first kappa shape index (κ1) is 21.2. The summed E-state index contributed by atoms with van der Waals surface area (Å²) in [6.45, 7) is 1.41. The van der Waals surface area contributed by atoms with Gasteiger partial charge in [0.05, 0.1) is 13.2 Å². The molecule has 0 N–H and O–H groups in total. The minimum absolute atomic E-state index is 0.0520. The van der Waals surface area contributed by atoms with Gasteiger partial charge in [-0.2, -0.15) is 0 Å². The SMILES string of the molecule is COc1ccc(OCC(=O)N2C[C@H]3CCCC(=O)N(Cc4cccc(F)c4)[C@H]3C2)cc1. The molecule has 2 amide bonds. The van der Waals surface area contributed by atoms with Crippen molar-refractivity contribution < 1.29 is 23.5 Å². The van der Waals surface area contributed by atoms with Crippen LogP contribution in [0.15, 0.2) is 48.5 Å². The molecular formula is C24H27FN2O4. The molecule has 7 heteroatoms. The molecule has 2 aromatic carbocycles. The standard InChI is InChI=1S/C24H27FN2O4/c1-30-20-8-10-21(11-9-20)31-16-24(29)26-14-18-5-3-7-23(28)27(22(18)15-26)13-17-4-2-6-19(25)12-17/h2,4,6,8-12,18,22H,3,5,7,13-16H2,1H3/t18-,22+/m1/s1. The fourth-order valence-corrected chi connectivity index (χ4v) is 4.48. The summed E-state index contributed by atoms with van der Waals surface area (Å²) in [5.41, 5.74) is 0.765. The number of fused-ring (bicyclic) bond motifs is 1. The van der Waals surface area contributed by atoms with Crippen molar-refractivity contribution in [3.05, 3.63) is 59.9 Å². The maximum absolute atomic E-state index is 13.6. The second-order valence-electron chi connectivity index (χ2n) is 8.13. The fraction of sp³-hybridized carbons (Fsp3) is 0.417. The van der Waals surface area contributed by atoms with Crippen molar-refractivity contribution in [2.45, 2.75) is 31.8 Å². The first-order chi connectivity index (χ1) is 15.0. The summed E-state index contributed by atoms with van der Waals surface area (Å²) in [5, 5.41) is 0. The largest absolute Gasteiger partial charge is 0.497 e. The van der Waals surface area contributed by atoms with Gasteiger partial charge >= 0.3 is 0 Å². The van der Waals surface area contributed by atoms with E-state index in [1.54, 1.807) is 42.3 Å². The smallest absolute Gasteiger partial charge is 0.260 e. The van der Waals surface area contributed by atoms with Gasteiger partial charge in [0.1, 0.15) is 17.3 Å². The Morgan fingerprint density at radius 1 is 1.13 bits per heavy atom. The molecule has 2 fully saturated rings. The number of likely N-dealkylation sites (tertiary alicyclic amines) is 2. The van der Waals surface area contributed by atoms with Gasteiger partial charge in [0.25, 0.3) is 5.91 Å². The van der Waals surface area contributed by atoms with Crippen molar-refractivity contribution in [2.24, 2.45) is 5.92 Å². The molecule has 0 unspecified atom stereocenters. The summed E-state index contributed by atoms with van der Waals surface area (Å²) in [6, 6.07) is 13.4. The van der Waals surface area contributed by atoms with E-state index in [1.807, 2.05) is 11.0 Å². The number of nitrogens with zero attached hydrogens (tertiary/aromatic N) is 2. The highest BCUT2D eigenvalue weighted by Gasteiger charge is 2.41. The van der Waals surface area contributed by atoms with Crippen LogP contribution < -0.4 is 9.47 Å². The average Bonchev–Trinajstić information content (AvgIpc) is 3.14. The number of carbonyl (C=O) groups is 2. The van der Waals surface area contributed by atoms with Gasteiger partial charge in [-0.1, -0.05) is 12.1 Å². The van der Waals surface area contributed by atoms with E-state index in [-0.39, 0.29) is 36.2 Å². The Balaban J connectivity index is 1.40. The van der Waals surface area contributed by atoms with Crippen LogP contribution in [-0.2, 0) is 16.1 Å². The van der Waals surface area contributed by atoms with Crippen LogP contribution in [-0.4, -0.2) is 54.5 Å². The molecule has 2 atom stereocenters. The van der Waals surface area contributed by atoms with E-state index in [0.29, 0.717) is 31.8 Å². The number of ether oxygens (including phenoxy) is 2. The number of hydrogen-bond donors (Lipinski definition) is 0. The highest BCUT2D eigenvalue weighted by molar-refractivity contribution is 5.79. The molecule has 6 nitrogen and oxygen atoms in total. The Morgan fingerprint density at radius 2 is 1.90 bits per heavy atom. The number of halogens is 1. The van der Waals surface area contributed by atoms with E-state index in [1.165, 1.54) is 12.1 Å². The van der Waals surface area contributed by atoms with E-state index in [0.717, 1.165) is 24.2 Å². The number of benzene rings is 2. The Morgan fingerprint density at radius 3 is 2.65 bits per heavy atom. The molecule has 2 aliphatic rings. The number of hydrogen-bond acceptors (Lipinski definition) is 4. The van der Waals surface area contributed by atoms with Crippen LogP contribution in [0.25, 0.3) is 0 Å². The normalized spacial score (nSPS) is 20.9. The van der Waals surface area contributed by atoms with Crippen LogP contribution in [0, 0.1) is 11.7 Å². The Hall–Kier alpha value is -3.09. The van der Waals surface area contributed by atoms with E-state index >= 15 is 0 Å². The van der Waals surface area contributed by atoms with Crippen LogP contribution in [0.1, 0.15) is 24.8 Å². The van der Waals surface area contributed by atoms with Crippen molar-refractivity contribution in [1.82, 2.24) is 9.80 Å². The summed E-state index contributed by atoms with van der Waals surface area (Å²) < 4.78 is 24.4. The molecule has 0 aliphatic carbocycles. The molecule has 0 radical (unpaired) electrons. The second-order valence-corrected chi connectivity index (χ2v) is 8.13. The van der Waals surface area contributed by atoms with E-state index in [2.05, 4.69) is 0 Å². The summed E-state index contributed by atoms with van der Waals surface area (Å²) in [7, 11) is 1.59. The van der Waals surface area contributed by atoms with Gasteiger partial charge in [-0.3, -0.25) is 9.59 Å². The minimum Gasteiger partial charge on any atom is -0.497 e. The third-order valence-corrected chi connectivity index (χ3v) is 6.11. The van der Waals surface area contributed by atoms with E-state index in [9.17, 15) is 14.0 Å². The topological polar surface area (TPSA) is 59.1 Å². The van der Waals surface area contributed by atoms with Crippen molar-refractivity contribution in [3.8, 4) is 11.5 Å². The quantitative estimate of drug-likeness (QED) is 0.712. The van der Waals surface area contributed by atoms with Crippen molar-refractivity contribution >= 4 is 11.8 Å². The zero-order chi connectivity index (χ0) is 21.8. The first-order valence-electron chi connectivity index (χ1n) is 10.6. The van der Waals surface area contributed by atoms with Gasteiger partial charge in [-0.25, -0.2) is 4.39 Å². The summed E-state index contributed by atoms with van der Waals surface area (Å²) in [5.74, 6) is 1.22. The van der Waals surface area contributed by atoms with Crippen LogP contribution in [0.4, 0.5) is 4.39 Å². The first-order valence-corrected chi connectivity index (χ1v) is 10.6. The molecule has 2 heterocycles. The maximum Gasteiger partial charge on any atom is 0.260 e. The molecule has 4 rings (SSSR count). The Bertz CT molecular complexity index is 933. The molecule has 2 saturated heterocycles. The third kappa shape index (κ3) is 4.98. The molecule has 2 aliphatic heterocycles. The molecule has 164 valence electrons. The zero-order valence-corrected chi connectivity index (χ0v) is 17.6. The van der Waals surface area contributed by atoms with Crippen LogP contribution >= 0.6 is 0 Å². The average molecular weight is 426 g/mol. The molecular weight excluding hydrogens is 399 g/mol. The van der Waals surface area contributed by atoms with Crippen LogP contribution in [0.3, 0.4) is 0 Å². The lowest BCUT2D eigenvalue weighted by atomic mass is 9.98. The van der Waals surface area contributed by atoms with E-state index in [4.69, 9.17) is 9.47 Å². The van der Waals surface area contributed by atoms with Crippen molar-refractivity contribution in [3.63, 3.8) is 0 Å². The second kappa shape index (κ2) is 9.37. The summed E-state index contributed by atoms with van der Waals surface area (Å²) >= 11 is 0. The molecule has 2 aromatic rings. The molecule has 0 bridgehead atoms. The van der Waals surface area contributed by atoms with Crippen LogP contribution in [0.5, 0.6) is 11.5 Å². The number of methoxy groups -OCH3 is 1. The Kier molecular flexibility index (Phi) is 6.39. The van der Waals surface area contributed by atoms with Crippen molar-refractivity contribution in [1.29, 1.82) is 0 Å². The lowest BCUT2D eigenvalue weighted by molar-refractivity contribution is -0.136. The van der Waals surface area contributed by atoms with Gasteiger partial charge in [0.2, 0.25) is 5.91 Å². The van der Waals surface area contributed by atoms with Gasteiger partial charge in [-0.05, 0) is 60.7 Å². The summed E-state index contributed by atoms with van der Waals surface area (Å²) in [4.78, 5) is 29.2.